The number of methoxy groups -OCH3 is 1. The molecule has 11 heteroatoms. The maximum atomic E-state index is 13.0. The molecule has 3 rings (SSSR count). The topological polar surface area (TPSA) is 75.7 Å². The van der Waals surface area contributed by atoms with Crippen LogP contribution in [0.1, 0.15) is 12.8 Å². The minimum Gasteiger partial charge on any atom is -0.497 e. The van der Waals surface area contributed by atoms with Gasteiger partial charge in [0.15, 0.2) is 0 Å². The SMILES string of the molecule is COc1ccc(S(=O)(=O)N2CCCC(C(=O)Nc3ccccc3SCC(F)(F)F)C2)cc1. The summed E-state index contributed by atoms with van der Waals surface area (Å²) in [6.45, 7) is 0.286. The van der Waals surface area contributed by atoms with Crippen LogP contribution >= 0.6 is 11.8 Å². The van der Waals surface area contributed by atoms with Gasteiger partial charge in [-0.15, -0.1) is 11.8 Å². The van der Waals surface area contributed by atoms with Crippen molar-refractivity contribution in [3.63, 3.8) is 0 Å². The zero-order chi connectivity index (χ0) is 23.4. The molecular weight excluding hydrogens is 465 g/mol. The van der Waals surface area contributed by atoms with E-state index in [1.807, 2.05) is 0 Å². The van der Waals surface area contributed by atoms with Crippen LogP contribution in [-0.4, -0.2) is 50.8 Å². The summed E-state index contributed by atoms with van der Waals surface area (Å²) in [7, 11) is -2.31. The molecule has 0 bridgehead atoms. The smallest absolute Gasteiger partial charge is 0.398 e. The summed E-state index contributed by atoms with van der Waals surface area (Å²) < 4.78 is 70.1. The average molecular weight is 489 g/mol. The lowest BCUT2D eigenvalue weighted by Crippen LogP contribution is -2.43. The molecule has 0 radical (unpaired) electrons. The average Bonchev–Trinajstić information content (AvgIpc) is 2.78. The molecule has 0 aliphatic carbocycles. The van der Waals surface area contributed by atoms with Gasteiger partial charge < -0.3 is 10.1 Å². The predicted octanol–water partition coefficient (Wildman–Crippen LogP) is 4.39. The number of ether oxygens (including phenoxy) is 1. The molecule has 0 aromatic heterocycles. The van der Waals surface area contributed by atoms with Crippen molar-refractivity contribution in [1.82, 2.24) is 4.31 Å². The van der Waals surface area contributed by atoms with Crippen LogP contribution in [0.25, 0.3) is 0 Å². The number of hydrogen-bond acceptors (Lipinski definition) is 5. The van der Waals surface area contributed by atoms with E-state index in [-0.39, 0.29) is 23.7 Å². The fourth-order valence-corrected chi connectivity index (χ4v) is 5.65. The normalized spacial score (nSPS) is 17.7. The molecule has 2 aromatic carbocycles. The third-order valence-corrected chi connectivity index (χ3v) is 8.01. The van der Waals surface area contributed by atoms with Crippen LogP contribution in [0.5, 0.6) is 5.75 Å². The van der Waals surface area contributed by atoms with Gasteiger partial charge >= 0.3 is 6.18 Å². The van der Waals surface area contributed by atoms with Gasteiger partial charge in [0.05, 0.1) is 29.4 Å². The number of hydrogen-bond donors (Lipinski definition) is 1. The van der Waals surface area contributed by atoms with E-state index >= 15 is 0 Å². The number of halogens is 3. The van der Waals surface area contributed by atoms with E-state index < -0.39 is 33.8 Å². The zero-order valence-electron chi connectivity index (χ0n) is 17.3. The second-order valence-electron chi connectivity index (χ2n) is 7.27. The van der Waals surface area contributed by atoms with Crippen LogP contribution in [0, 0.1) is 5.92 Å². The fourth-order valence-electron chi connectivity index (χ4n) is 3.36. The highest BCUT2D eigenvalue weighted by molar-refractivity contribution is 7.99. The minimum atomic E-state index is -4.33. The molecule has 1 unspecified atom stereocenters. The van der Waals surface area contributed by atoms with Gasteiger partial charge in [-0.3, -0.25) is 4.79 Å². The Kier molecular flexibility index (Phi) is 7.73. The molecule has 1 N–H and O–H groups in total. The number of amides is 1. The molecule has 174 valence electrons. The highest BCUT2D eigenvalue weighted by Gasteiger charge is 2.34. The third kappa shape index (κ3) is 6.17. The summed E-state index contributed by atoms with van der Waals surface area (Å²) in [5.74, 6) is -1.57. The first kappa shape index (κ1) is 24.4. The van der Waals surface area contributed by atoms with Gasteiger partial charge in [-0.2, -0.15) is 17.5 Å². The van der Waals surface area contributed by atoms with Gasteiger partial charge in [-0.25, -0.2) is 8.42 Å². The second-order valence-corrected chi connectivity index (χ2v) is 10.2. The Labute approximate surface area is 189 Å². The van der Waals surface area contributed by atoms with Crippen molar-refractivity contribution in [3.05, 3.63) is 48.5 Å². The maximum Gasteiger partial charge on any atom is 0.398 e. The van der Waals surface area contributed by atoms with Crippen molar-refractivity contribution in [2.45, 2.75) is 28.8 Å². The Morgan fingerprint density at radius 1 is 1.19 bits per heavy atom. The van der Waals surface area contributed by atoms with Crippen molar-refractivity contribution in [1.29, 1.82) is 0 Å². The molecule has 1 fully saturated rings. The Balaban J connectivity index is 1.70. The number of carbonyl (C=O) groups excluding carboxylic acids is 1. The van der Waals surface area contributed by atoms with Gasteiger partial charge in [0.1, 0.15) is 5.75 Å². The van der Waals surface area contributed by atoms with Crippen LogP contribution in [-0.2, 0) is 14.8 Å². The first-order chi connectivity index (χ1) is 15.1. The molecule has 1 heterocycles. The Hall–Kier alpha value is -2.24. The van der Waals surface area contributed by atoms with Gasteiger partial charge in [0, 0.05) is 18.0 Å². The Morgan fingerprint density at radius 2 is 1.88 bits per heavy atom. The Morgan fingerprint density at radius 3 is 2.53 bits per heavy atom. The highest BCUT2D eigenvalue weighted by atomic mass is 32.2. The molecule has 2 aromatic rings. The molecule has 1 aliphatic rings. The molecule has 0 saturated carbocycles. The van der Waals surface area contributed by atoms with Crippen molar-refractivity contribution in [2.75, 3.05) is 31.3 Å². The maximum absolute atomic E-state index is 13.0. The molecule has 0 spiro atoms. The lowest BCUT2D eigenvalue weighted by molar-refractivity contribution is -0.120. The first-order valence-electron chi connectivity index (χ1n) is 9.84. The first-order valence-corrected chi connectivity index (χ1v) is 12.3. The molecule has 1 amide bonds. The summed E-state index contributed by atoms with van der Waals surface area (Å²) in [6, 6.07) is 12.3. The van der Waals surface area contributed by atoms with E-state index in [1.165, 1.54) is 35.7 Å². The van der Waals surface area contributed by atoms with Crippen molar-refractivity contribution >= 4 is 33.4 Å². The summed E-state index contributed by atoms with van der Waals surface area (Å²) >= 11 is 0.591. The third-order valence-electron chi connectivity index (χ3n) is 4.99. The van der Waals surface area contributed by atoms with Crippen LogP contribution in [0.2, 0.25) is 0 Å². The molecule has 1 aliphatic heterocycles. The largest absolute Gasteiger partial charge is 0.497 e. The van der Waals surface area contributed by atoms with Crippen molar-refractivity contribution < 1.29 is 31.1 Å². The van der Waals surface area contributed by atoms with Crippen molar-refractivity contribution in [3.8, 4) is 5.75 Å². The van der Waals surface area contributed by atoms with Crippen LogP contribution in [0.15, 0.2) is 58.3 Å². The van der Waals surface area contributed by atoms with Gasteiger partial charge in [-0.05, 0) is 49.2 Å². The summed E-state index contributed by atoms with van der Waals surface area (Å²) in [4.78, 5) is 13.2. The number of piperidine rings is 1. The molecule has 1 saturated heterocycles. The number of rotatable bonds is 7. The van der Waals surface area contributed by atoms with Crippen molar-refractivity contribution in [2.24, 2.45) is 5.92 Å². The number of nitrogens with zero attached hydrogens (tertiary/aromatic N) is 1. The number of para-hydroxylation sites is 1. The lowest BCUT2D eigenvalue weighted by Gasteiger charge is -2.31. The molecule has 6 nitrogen and oxygen atoms in total. The van der Waals surface area contributed by atoms with Crippen LogP contribution in [0.3, 0.4) is 0 Å². The van der Waals surface area contributed by atoms with E-state index in [0.29, 0.717) is 35.2 Å². The predicted molar refractivity (Wildman–Crippen MR) is 116 cm³/mol. The van der Waals surface area contributed by atoms with Gasteiger partial charge in [-0.1, -0.05) is 12.1 Å². The molecule has 32 heavy (non-hydrogen) atoms. The highest BCUT2D eigenvalue weighted by Crippen LogP contribution is 2.33. The summed E-state index contributed by atoms with van der Waals surface area (Å²) in [6.07, 6.45) is -3.35. The monoisotopic (exact) mass is 488 g/mol. The minimum absolute atomic E-state index is 0.00193. The number of alkyl halides is 3. The van der Waals surface area contributed by atoms with E-state index in [4.69, 9.17) is 4.74 Å². The van der Waals surface area contributed by atoms with Gasteiger partial charge in [0.2, 0.25) is 15.9 Å². The van der Waals surface area contributed by atoms with Crippen LogP contribution in [0.4, 0.5) is 18.9 Å². The standard InChI is InChI=1S/C21H23F3N2O4S2/c1-30-16-8-10-17(11-9-16)32(28,29)26-12-4-5-15(13-26)20(27)25-18-6-2-3-7-19(18)31-14-21(22,23)24/h2-3,6-11,15H,4-5,12-14H2,1H3,(H,25,27). The number of carbonyl (C=O) groups is 1. The molecule has 1 atom stereocenters. The molecular formula is C21H23F3N2O4S2. The van der Waals surface area contributed by atoms with Gasteiger partial charge in [0.25, 0.3) is 0 Å². The lowest BCUT2D eigenvalue weighted by atomic mass is 9.99. The quantitative estimate of drug-likeness (QED) is 0.585. The number of anilines is 1. The van der Waals surface area contributed by atoms with E-state index in [2.05, 4.69) is 5.32 Å². The summed E-state index contributed by atoms with van der Waals surface area (Å²) in [5, 5.41) is 2.68. The second kappa shape index (κ2) is 10.1. The van der Waals surface area contributed by atoms with E-state index in [0.717, 1.165) is 0 Å². The van der Waals surface area contributed by atoms with E-state index in [9.17, 15) is 26.4 Å². The number of benzene rings is 2. The zero-order valence-corrected chi connectivity index (χ0v) is 18.9. The number of sulfonamides is 1. The number of thioether (sulfide) groups is 1. The number of nitrogens with one attached hydrogen (secondary N) is 1. The van der Waals surface area contributed by atoms with E-state index in [1.54, 1.807) is 24.3 Å². The fraction of sp³-hybridized carbons (Fsp3) is 0.381. The Bertz CT molecular complexity index is 1040. The van der Waals surface area contributed by atoms with Crippen LogP contribution < -0.4 is 10.1 Å². The summed E-state index contributed by atoms with van der Waals surface area (Å²) in [5.41, 5.74) is 0.280.